The average molecular weight is 847 g/mol. The summed E-state index contributed by atoms with van der Waals surface area (Å²) in [4.78, 5) is 83.9. The van der Waals surface area contributed by atoms with Crippen LogP contribution >= 0.6 is 12.6 Å². The van der Waals surface area contributed by atoms with Crippen molar-refractivity contribution in [2.24, 2.45) is 46.6 Å². The summed E-state index contributed by atoms with van der Waals surface area (Å²) >= 11 is 3.86. The molecule has 0 unspecified atom stereocenters. The summed E-state index contributed by atoms with van der Waals surface area (Å²) in [6.45, 7) is 19.4. The average Bonchev–Trinajstić information content (AvgIpc) is 3.20. The fourth-order valence-electron chi connectivity index (χ4n) is 4.60. The topological polar surface area (TPSA) is 210 Å². The number of amides is 2. The van der Waals surface area contributed by atoms with Gasteiger partial charge in [0.2, 0.25) is 16.9 Å². The van der Waals surface area contributed by atoms with Crippen molar-refractivity contribution in [3.8, 4) is 0 Å². The first kappa shape index (κ1) is 56.5. The molecule has 0 aliphatic rings. The summed E-state index contributed by atoms with van der Waals surface area (Å²) in [6.07, 6.45) is 1.82. The Bertz CT molecular complexity index is 1520. The molecule has 0 saturated heterocycles. The SMILES string of the molecule is CC(C)CCON=O.CC(C)[C@H](C)C(=O)N[C@@H](Cc1ccccc1)C(=O)S.COC(=O)[C@H](C)CC(=O)[C@H](Cc1ccccc1)NC(=O)[C@@H](C)C(C)C.COC(=O)[C@H](C)N. The lowest BCUT2D eigenvalue weighted by Gasteiger charge is -2.23. The summed E-state index contributed by atoms with van der Waals surface area (Å²) in [5, 5.41) is 7.60. The smallest absolute Gasteiger partial charge is 0.322 e. The molecule has 2 rings (SSSR count). The van der Waals surface area contributed by atoms with Gasteiger partial charge in [0.25, 0.3) is 0 Å². The molecule has 0 aromatic heterocycles. The van der Waals surface area contributed by atoms with E-state index in [1.807, 2.05) is 102 Å². The van der Waals surface area contributed by atoms with E-state index in [1.54, 1.807) is 13.8 Å². The van der Waals surface area contributed by atoms with Crippen LogP contribution in [0.3, 0.4) is 0 Å². The molecule has 0 radical (unpaired) electrons. The third-order valence-corrected chi connectivity index (χ3v) is 9.55. The van der Waals surface area contributed by atoms with Crippen molar-refractivity contribution in [2.75, 3.05) is 20.8 Å². The zero-order chi connectivity index (χ0) is 45.7. The molecule has 0 saturated carbocycles. The van der Waals surface area contributed by atoms with Gasteiger partial charge in [-0.3, -0.25) is 28.8 Å². The van der Waals surface area contributed by atoms with Crippen LogP contribution in [-0.4, -0.2) is 73.6 Å². The molecule has 15 heteroatoms. The second-order valence-corrected chi connectivity index (χ2v) is 15.8. The number of rotatable bonds is 20. The molecule has 14 nitrogen and oxygen atoms in total. The molecule has 2 amide bonds. The molecule has 0 aliphatic carbocycles. The minimum absolute atomic E-state index is 0.0422. The molecule has 59 heavy (non-hydrogen) atoms. The van der Waals surface area contributed by atoms with Gasteiger partial charge in [-0.25, -0.2) is 0 Å². The van der Waals surface area contributed by atoms with Gasteiger partial charge in [-0.15, -0.1) is 17.5 Å². The quantitative estimate of drug-likeness (QED) is 0.0373. The second-order valence-electron chi connectivity index (χ2n) is 15.4. The monoisotopic (exact) mass is 846 g/mol. The molecular weight excluding hydrogens is 777 g/mol. The maximum absolute atomic E-state index is 12.7. The Morgan fingerprint density at radius 3 is 1.39 bits per heavy atom. The number of nitrogens with zero attached hydrogens (tertiary/aromatic N) is 1. The Kier molecular flexibility index (Phi) is 30.9. The number of thiol groups is 1. The molecular formula is C44H70N4O10S. The highest BCUT2D eigenvalue weighted by Gasteiger charge is 2.28. The summed E-state index contributed by atoms with van der Waals surface area (Å²) < 4.78 is 8.93. The molecule has 4 N–H and O–H groups in total. The van der Waals surface area contributed by atoms with Gasteiger partial charge < -0.3 is 30.7 Å². The molecule has 2 aromatic carbocycles. The number of methoxy groups -OCH3 is 2. The molecule has 2 aromatic rings. The molecule has 0 spiro atoms. The minimum atomic E-state index is -0.650. The molecule has 0 bridgehead atoms. The van der Waals surface area contributed by atoms with E-state index >= 15 is 0 Å². The van der Waals surface area contributed by atoms with E-state index in [0.717, 1.165) is 17.5 Å². The summed E-state index contributed by atoms with van der Waals surface area (Å²) in [7, 11) is 2.61. The number of hydrogen-bond donors (Lipinski definition) is 4. The maximum atomic E-state index is 12.7. The van der Waals surface area contributed by atoms with Crippen LogP contribution in [0.4, 0.5) is 0 Å². The minimum Gasteiger partial charge on any atom is -0.469 e. The van der Waals surface area contributed by atoms with E-state index in [4.69, 9.17) is 5.73 Å². The van der Waals surface area contributed by atoms with Gasteiger partial charge in [0, 0.05) is 24.7 Å². The highest BCUT2D eigenvalue weighted by atomic mass is 32.1. The van der Waals surface area contributed by atoms with E-state index < -0.39 is 30.0 Å². The highest BCUT2D eigenvalue weighted by Crippen LogP contribution is 2.15. The molecule has 0 fully saturated rings. The largest absolute Gasteiger partial charge is 0.469 e. The molecule has 6 atom stereocenters. The van der Waals surface area contributed by atoms with Crippen LogP contribution in [0, 0.1) is 40.4 Å². The Hall–Kier alpha value is -4.63. The number of carbonyl (C=O) groups is 6. The van der Waals surface area contributed by atoms with Crippen molar-refractivity contribution < 1.29 is 43.1 Å². The number of nitrogens with two attached hydrogens (primary N) is 1. The third-order valence-electron chi connectivity index (χ3n) is 9.24. The lowest BCUT2D eigenvalue weighted by atomic mass is 9.93. The van der Waals surface area contributed by atoms with E-state index in [0.29, 0.717) is 25.4 Å². The molecule has 0 heterocycles. The van der Waals surface area contributed by atoms with Gasteiger partial charge >= 0.3 is 11.9 Å². The number of benzene rings is 2. The fraction of sp³-hybridized carbons (Fsp3) is 0.591. The first-order valence-electron chi connectivity index (χ1n) is 19.9. The number of ether oxygens (including phenoxy) is 2. The van der Waals surface area contributed by atoms with Crippen molar-refractivity contribution in [2.45, 2.75) is 113 Å². The first-order valence-corrected chi connectivity index (χ1v) is 20.4. The number of Topliss-reactive ketones (excluding diaryl/α,β-unsaturated/α-hetero) is 1. The number of esters is 2. The van der Waals surface area contributed by atoms with Crippen LogP contribution in [-0.2, 0) is 55.9 Å². The maximum Gasteiger partial charge on any atom is 0.322 e. The molecule has 332 valence electrons. The van der Waals surface area contributed by atoms with Crippen LogP contribution < -0.4 is 16.4 Å². The van der Waals surface area contributed by atoms with Gasteiger partial charge in [-0.1, -0.05) is 123 Å². The van der Waals surface area contributed by atoms with Crippen molar-refractivity contribution in [1.29, 1.82) is 0 Å². The summed E-state index contributed by atoms with van der Waals surface area (Å²) in [6, 6.07) is 17.4. The van der Waals surface area contributed by atoms with Crippen LogP contribution in [0.15, 0.2) is 66.0 Å². The zero-order valence-corrected chi connectivity index (χ0v) is 38.0. The Morgan fingerprint density at radius 2 is 1.07 bits per heavy atom. The van der Waals surface area contributed by atoms with Gasteiger partial charge in [0.05, 0.1) is 26.2 Å². The predicted octanol–water partition coefficient (Wildman–Crippen LogP) is 6.47. The standard InChI is InChI=1S/C20H29NO4.C15H21NO2S.C5H11NO2.C4H9NO2/c1-13(2)15(4)19(23)21-17(12-16-9-7-6-8-10-16)18(22)11-14(3)20(24)25-5;1-10(2)11(3)14(17)16-13(15(18)19)9-12-7-5-4-6-8-12;1-5(2)3-4-8-6-7;1-3(5)4(6)7-2/h6-10,13-15,17H,11-12H2,1-5H3,(H,21,23);4-8,10-11,13H,9H2,1-3H3,(H,16,17)(H,18,19);5H,3-4H2,1-2H3;3H,5H2,1-2H3/t14-,15+,17+;11-,13-;;3-/m10.0/s1. The van der Waals surface area contributed by atoms with Crippen molar-refractivity contribution in [3.63, 3.8) is 0 Å². The molecule has 0 aliphatic heterocycles. The van der Waals surface area contributed by atoms with E-state index in [9.17, 15) is 33.7 Å². The van der Waals surface area contributed by atoms with E-state index in [-0.39, 0.29) is 58.8 Å². The number of nitrogens with one attached hydrogen (secondary N) is 2. The summed E-state index contributed by atoms with van der Waals surface area (Å²) in [5.74, 6) is -1.04. The number of hydrogen-bond acceptors (Lipinski definition) is 12. The van der Waals surface area contributed by atoms with E-state index in [2.05, 4.69) is 56.8 Å². The Labute approximate surface area is 357 Å². The predicted molar refractivity (Wildman–Crippen MR) is 234 cm³/mol. The van der Waals surface area contributed by atoms with Crippen LogP contribution in [0.25, 0.3) is 0 Å². The lowest BCUT2D eigenvalue weighted by Crippen LogP contribution is -2.46. The fourth-order valence-corrected chi connectivity index (χ4v) is 4.75. The first-order chi connectivity index (χ1) is 27.6. The van der Waals surface area contributed by atoms with Gasteiger partial charge in [-0.05, 0) is 48.6 Å². The van der Waals surface area contributed by atoms with Crippen molar-refractivity contribution in [3.05, 3.63) is 76.7 Å². The Balaban J connectivity index is 0. The van der Waals surface area contributed by atoms with E-state index in [1.165, 1.54) is 14.2 Å². The lowest BCUT2D eigenvalue weighted by molar-refractivity contribution is -0.146. The zero-order valence-electron chi connectivity index (χ0n) is 37.1. The normalized spacial score (nSPS) is 13.4. The number of ketones is 1. The van der Waals surface area contributed by atoms with Gasteiger partial charge in [-0.2, -0.15) is 0 Å². The summed E-state index contributed by atoms with van der Waals surface area (Å²) in [5.41, 5.74) is 7.04. The number of carbonyl (C=O) groups excluding carboxylic acids is 6. The van der Waals surface area contributed by atoms with Gasteiger partial charge in [0.1, 0.15) is 18.7 Å². The van der Waals surface area contributed by atoms with Crippen molar-refractivity contribution in [1.82, 2.24) is 10.6 Å². The van der Waals surface area contributed by atoms with Crippen molar-refractivity contribution >= 4 is 47.3 Å². The van der Waals surface area contributed by atoms with Crippen LogP contribution in [0.2, 0.25) is 0 Å². The highest BCUT2D eigenvalue weighted by molar-refractivity contribution is 7.96. The Morgan fingerprint density at radius 1 is 0.661 bits per heavy atom. The van der Waals surface area contributed by atoms with Crippen LogP contribution in [0.5, 0.6) is 0 Å². The second kappa shape index (κ2) is 32.2. The van der Waals surface area contributed by atoms with Crippen LogP contribution in [0.1, 0.15) is 93.2 Å². The third kappa shape index (κ3) is 26.9. The van der Waals surface area contributed by atoms with Gasteiger partial charge in [0.15, 0.2) is 11.1 Å².